The average molecular weight is 383 g/mol. The number of hydrogen-bond donors (Lipinski definition) is 0. The van der Waals surface area contributed by atoms with Gasteiger partial charge in [0.1, 0.15) is 5.60 Å². The molecule has 26 heavy (non-hydrogen) atoms. The third-order valence-corrected chi connectivity index (χ3v) is 5.10. The summed E-state index contributed by atoms with van der Waals surface area (Å²) in [6.07, 6.45) is 4.30. The van der Waals surface area contributed by atoms with Crippen LogP contribution >= 0.6 is 11.3 Å². The number of carbonyl (C=O) groups is 2. The van der Waals surface area contributed by atoms with Gasteiger partial charge in [-0.1, -0.05) is 6.42 Å². The number of thiazole rings is 1. The first-order chi connectivity index (χ1) is 12.3. The quantitative estimate of drug-likeness (QED) is 0.506. The Bertz CT molecular complexity index is 622. The molecule has 0 radical (unpaired) electrons. The van der Waals surface area contributed by atoms with Gasteiger partial charge in [0.15, 0.2) is 0 Å². The van der Waals surface area contributed by atoms with Crippen LogP contribution in [0.5, 0.6) is 0 Å². The van der Waals surface area contributed by atoms with Crippen molar-refractivity contribution in [3.63, 3.8) is 0 Å². The summed E-state index contributed by atoms with van der Waals surface area (Å²) in [7, 11) is 0. The molecule has 0 aromatic carbocycles. The van der Waals surface area contributed by atoms with Crippen molar-refractivity contribution < 1.29 is 19.1 Å². The fraction of sp³-hybridized carbons (Fsp3) is 0.737. The van der Waals surface area contributed by atoms with Gasteiger partial charge < -0.3 is 9.47 Å². The van der Waals surface area contributed by atoms with Gasteiger partial charge in [-0.25, -0.2) is 9.78 Å². The molecule has 0 bridgehead atoms. The number of carbonyl (C=O) groups excluding carboxylic acids is 2. The van der Waals surface area contributed by atoms with E-state index >= 15 is 0 Å². The maximum absolute atomic E-state index is 11.8. The molecule has 0 fully saturated rings. The SMILES string of the molecule is CCOC(=O)c1nc2c(s1)CN(CCCCCC(=O)OC(C)(C)C)CC2. The van der Waals surface area contributed by atoms with Crippen LogP contribution in [0.2, 0.25) is 0 Å². The first-order valence-electron chi connectivity index (χ1n) is 9.38. The molecule has 0 aliphatic carbocycles. The Morgan fingerprint density at radius 3 is 2.69 bits per heavy atom. The van der Waals surface area contributed by atoms with Gasteiger partial charge >= 0.3 is 11.9 Å². The predicted octanol–water partition coefficient (Wildman–Crippen LogP) is 3.58. The fourth-order valence-corrected chi connectivity index (χ4v) is 3.94. The molecular weight excluding hydrogens is 352 g/mol. The summed E-state index contributed by atoms with van der Waals surface area (Å²) in [4.78, 5) is 31.5. The molecule has 0 unspecified atom stereocenters. The summed E-state index contributed by atoms with van der Waals surface area (Å²) in [6.45, 7) is 10.7. The molecule has 0 saturated carbocycles. The zero-order valence-corrected chi connectivity index (χ0v) is 17.1. The minimum atomic E-state index is -0.403. The van der Waals surface area contributed by atoms with E-state index in [1.54, 1.807) is 6.92 Å². The number of hydrogen-bond acceptors (Lipinski definition) is 7. The summed E-state index contributed by atoms with van der Waals surface area (Å²) in [5.74, 6) is -0.433. The van der Waals surface area contributed by atoms with Gasteiger partial charge in [-0.2, -0.15) is 0 Å². The van der Waals surface area contributed by atoms with E-state index < -0.39 is 5.60 Å². The minimum absolute atomic E-state index is 0.115. The number of ether oxygens (including phenoxy) is 2. The third-order valence-electron chi connectivity index (χ3n) is 4.04. The highest BCUT2D eigenvalue weighted by molar-refractivity contribution is 7.13. The van der Waals surface area contributed by atoms with Gasteiger partial charge in [-0.15, -0.1) is 11.3 Å². The van der Waals surface area contributed by atoms with Crippen molar-refractivity contribution in [1.29, 1.82) is 0 Å². The van der Waals surface area contributed by atoms with Crippen LogP contribution < -0.4 is 0 Å². The van der Waals surface area contributed by atoms with E-state index in [2.05, 4.69) is 9.88 Å². The van der Waals surface area contributed by atoms with Gasteiger partial charge in [0.2, 0.25) is 5.01 Å². The van der Waals surface area contributed by atoms with Crippen LogP contribution in [0, 0.1) is 0 Å². The second-order valence-corrected chi connectivity index (χ2v) is 8.62. The first-order valence-corrected chi connectivity index (χ1v) is 10.2. The molecule has 1 aliphatic rings. The molecule has 0 saturated heterocycles. The lowest BCUT2D eigenvalue weighted by atomic mass is 10.1. The van der Waals surface area contributed by atoms with E-state index in [0.29, 0.717) is 18.0 Å². The lowest BCUT2D eigenvalue weighted by Crippen LogP contribution is -2.30. The molecule has 2 rings (SSSR count). The molecular formula is C19H30N2O4S. The Kier molecular flexibility index (Phi) is 7.58. The fourth-order valence-electron chi connectivity index (χ4n) is 2.89. The Hall–Kier alpha value is -1.47. The minimum Gasteiger partial charge on any atom is -0.461 e. The van der Waals surface area contributed by atoms with Gasteiger partial charge in [-0.05, 0) is 47.1 Å². The van der Waals surface area contributed by atoms with Gasteiger partial charge in [0.25, 0.3) is 0 Å². The Balaban J connectivity index is 1.68. The van der Waals surface area contributed by atoms with E-state index in [1.165, 1.54) is 16.2 Å². The van der Waals surface area contributed by atoms with Crippen LogP contribution in [0.1, 0.15) is 73.8 Å². The van der Waals surface area contributed by atoms with Crippen LogP contribution in [0.25, 0.3) is 0 Å². The molecule has 6 nitrogen and oxygen atoms in total. The van der Waals surface area contributed by atoms with Crippen molar-refractivity contribution in [3.8, 4) is 0 Å². The number of rotatable bonds is 8. The highest BCUT2D eigenvalue weighted by atomic mass is 32.1. The number of fused-ring (bicyclic) bond motifs is 1. The lowest BCUT2D eigenvalue weighted by Gasteiger charge is -2.25. The van der Waals surface area contributed by atoms with E-state index in [0.717, 1.165) is 51.0 Å². The molecule has 1 aliphatic heterocycles. The van der Waals surface area contributed by atoms with Crippen molar-refractivity contribution in [2.45, 2.75) is 71.9 Å². The van der Waals surface area contributed by atoms with E-state index in [1.807, 2.05) is 20.8 Å². The molecule has 0 amide bonds. The maximum atomic E-state index is 11.8. The Labute approximate surface area is 159 Å². The Morgan fingerprint density at radius 1 is 1.23 bits per heavy atom. The zero-order valence-electron chi connectivity index (χ0n) is 16.3. The largest absolute Gasteiger partial charge is 0.461 e. The maximum Gasteiger partial charge on any atom is 0.367 e. The molecule has 0 N–H and O–H groups in total. The zero-order chi connectivity index (χ0) is 19.2. The third kappa shape index (κ3) is 6.68. The van der Waals surface area contributed by atoms with Crippen LogP contribution in [0.4, 0.5) is 0 Å². The molecule has 146 valence electrons. The van der Waals surface area contributed by atoms with E-state index in [-0.39, 0.29) is 11.9 Å². The second kappa shape index (κ2) is 9.46. The molecule has 7 heteroatoms. The van der Waals surface area contributed by atoms with Crippen molar-refractivity contribution in [2.24, 2.45) is 0 Å². The number of unbranched alkanes of at least 4 members (excludes halogenated alkanes) is 2. The van der Waals surface area contributed by atoms with Gasteiger partial charge in [-0.3, -0.25) is 9.69 Å². The van der Waals surface area contributed by atoms with Crippen molar-refractivity contribution in [1.82, 2.24) is 9.88 Å². The number of aromatic nitrogens is 1. The summed E-state index contributed by atoms with van der Waals surface area (Å²) in [5, 5.41) is 0.469. The highest BCUT2D eigenvalue weighted by Gasteiger charge is 2.23. The van der Waals surface area contributed by atoms with Gasteiger partial charge in [0, 0.05) is 30.8 Å². The van der Waals surface area contributed by atoms with Crippen molar-refractivity contribution in [2.75, 3.05) is 19.7 Å². The first kappa shape index (κ1) is 20.8. The van der Waals surface area contributed by atoms with Crippen LogP contribution in [0.3, 0.4) is 0 Å². The monoisotopic (exact) mass is 382 g/mol. The molecule has 2 heterocycles. The van der Waals surface area contributed by atoms with Crippen LogP contribution in [-0.4, -0.2) is 47.1 Å². The summed E-state index contributed by atoms with van der Waals surface area (Å²) < 4.78 is 10.4. The normalized spacial score (nSPS) is 14.8. The standard InChI is InChI=1S/C19H30N2O4S/c1-5-24-18(23)17-20-14-10-12-21(13-15(14)26-17)11-8-6-7-9-16(22)25-19(2,3)4/h5-13H2,1-4H3. The number of esters is 2. The Morgan fingerprint density at radius 2 is 2.00 bits per heavy atom. The summed E-state index contributed by atoms with van der Waals surface area (Å²) in [5.41, 5.74) is 0.638. The lowest BCUT2D eigenvalue weighted by molar-refractivity contribution is -0.154. The molecule has 1 aromatic heterocycles. The van der Waals surface area contributed by atoms with E-state index in [4.69, 9.17) is 9.47 Å². The second-order valence-electron chi connectivity index (χ2n) is 7.53. The molecule has 0 atom stereocenters. The van der Waals surface area contributed by atoms with Crippen molar-refractivity contribution in [3.05, 3.63) is 15.6 Å². The topological polar surface area (TPSA) is 68.7 Å². The van der Waals surface area contributed by atoms with Crippen molar-refractivity contribution >= 4 is 23.3 Å². The highest BCUT2D eigenvalue weighted by Crippen LogP contribution is 2.26. The van der Waals surface area contributed by atoms with Gasteiger partial charge in [0.05, 0.1) is 12.3 Å². The van der Waals surface area contributed by atoms with Crippen LogP contribution in [-0.2, 0) is 27.2 Å². The average Bonchev–Trinajstić information content (AvgIpc) is 2.96. The molecule has 0 spiro atoms. The molecule has 1 aromatic rings. The number of nitrogens with zero attached hydrogens (tertiary/aromatic N) is 2. The summed E-state index contributed by atoms with van der Waals surface area (Å²) in [6, 6.07) is 0. The summed E-state index contributed by atoms with van der Waals surface area (Å²) >= 11 is 1.45. The van der Waals surface area contributed by atoms with E-state index in [9.17, 15) is 9.59 Å². The predicted molar refractivity (Wildman–Crippen MR) is 101 cm³/mol. The van der Waals surface area contributed by atoms with Crippen LogP contribution in [0.15, 0.2) is 0 Å². The smallest absolute Gasteiger partial charge is 0.367 e.